The van der Waals surface area contributed by atoms with E-state index in [1.165, 1.54) is 30.1 Å². The van der Waals surface area contributed by atoms with Gasteiger partial charge < -0.3 is 4.74 Å². The second-order valence-electron chi connectivity index (χ2n) is 9.08. The number of rotatable bonds is 2. The molecule has 1 saturated carbocycles. The Morgan fingerprint density at radius 2 is 1.96 bits per heavy atom. The summed E-state index contributed by atoms with van der Waals surface area (Å²) in [7, 11) is 0. The van der Waals surface area contributed by atoms with E-state index < -0.39 is 0 Å². The smallest absolute Gasteiger partial charge is 0.302 e. The van der Waals surface area contributed by atoms with Crippen molar-refractivity contribution < 1.29 is 14.3 Å². The maximum atomic E-state index is 12.2. The van der Waals surface area contributed by atoms with Crippen LogP contribution in [0.3, 0.4) is 0 Å². The highest BCUT2D eigenvalue weighted by Gasteiger charge is 2.55. The van der Waals surface area contributed by atoms with Crippen LogP contribution in [0.1, 0.15) is 59.8 Å². The molecule has 0 heterocycles. The van der Waals surface area contributed by atoms with Crippen LogP contribution in [0.25, 0.3) is 0 Å². The fourth-order valence-corrected chi connectivity index (χ4v) is 6.25. The molecule has 4 unspecified atom stereocenters. The van der Waals surface area contributed by atoms with Crippen molar-refractivity contribution in [1.29, 1.82) is 0 Å². The molecular weight excluding hydrogens is 324 g/mol. The Kier molecular flexibility index (Phi) is 4.24. The molecule has 0 radical (unpaired) electrons. The molecule has 1 fully saturated rings. The summed E-state index contributed by atoms with van der Waals surface area (Å²) in [6.07, 6.45) is 12.0. The Hall–Kier alpha value is -1.64. The topological polar surface area (TPSA) is 43.4 Å². The molecule has 3 heteroatoms. The van der Waals surface area contributed by atoms with Gasteiger partial charge in [-0.3, -0.25) is 9.59 Å². The van der Waals surface area contributed by atoms with Gasteiger partial charge in [0.05, 0.1) is 0 Å². The molecule has 0 spiro atoms. The van der Waals surface area contributed by atoms with E-state index >= 15 is 0 Å². The van der Waals surface area contributed by atoms with Gasteiger partial charge in [0.1, 0.15) is 11.9 Å². The van der Waals surface area contributed by atoms with Crippen LogP contribution in [0.2, 0.25) is 0 Å². The lowest BCUT2D eigenvalue weighted by Gasteiger charge is -2.54. The summed E-state index contributed by atoms with van der Waals surface area (Å²) in [6.45, 7) is 7.81. The van der Waals surface area contributed by atoms with Gasteiger partial charge in [-0.05, 0) is 68.8 Å². The van der Waals surface area contributed by atoms with E-state index in [1.54, 1.807) is 6.92 Å². The summed E-state index contributed by atoms with van der Waals surface area (Å²) in [4.78, 5) is 24.0. The highest BCUT2D eigenvalue weighted by molar-refractivity contribution is 5.80. The number of fused-ring (bicyclic) bond motifs is 5. The first kappa shape index (κ1) is 17.8. The fourth-order valence-electron chi connectivity index (χ4n) is 6.25. The number of hydrogen-bond acceptors (Lipinski definition) is 3. The fraction of sp³-hybridized carbons (Fsp3) is 0.652. The molecule has 0 saturated heterocycles. The highest BCUT2D eigenvalue weighted by atomic mass is 16.5. The zero-order chi connectivity index (χ0) is 18.6. The van der Waals surface area contributed by atoms with Crippen LogP contribution in [-0.2, 0) is 14.3 Å². The van der Waals surface area contributed by atoms with Gasteiger partial charge in [0.15, 0.2) is 0 Å². The van der Waals surface area contributed by atoms with E-state index in [9.17, 15) is 9.59 Å². The highest BCUT2D eigenvalue weighted by Crippen LogP contribution is 2.60. The third-order valence-electron chi connectivity index (χ3n) is 7.58. The van der Waals surface area contributed by atoms with Gasteiger partial charge in [-0.2, -0.15) is 0 Å². The maximum absolute atomic E-state index is 12.2. The molecule has 0 bridgehead atoms. The van der Waals surface area contributed by atoms with Gasteiger partial charge in [0.25, 0.3) is 0 Å². The standard InChI is InChI=1S/C23H30O3/c1-13-9-10-23(4)16(11-13)5-6-18-19-8-7-17(14(2)24)22(19)21(12-20(18)23)26-15(3)25/h5,8,11,17-18,20-22H,6-7,9-10,12H2,1-4H3/t17?,18?,20?,21-,22?,23+/m1/s1. The molecule has 0 aromatic carbocycles. The molecule has 6 atom stereocenters. The predicted molar refractivity (Wildman–Crippen MR) is 101 cm³/mol. The molecule has 0 aromatic heterocycles. The Labute approximate surface area is 156 Å². The molecule has 4 aliphatic rings. The Morgan fingerprint density at radius 3 is 2.65 bits per heavy atom. The number of carbonyl (C=O) groups excluding carboxylic acids is 2. The van der Waals surface area contributed by atoms with Crippen LogP contribution in [0.4, 0.5) is 0 Å². The lowest BCUT2D eigenvalue weighted by molar-refractivity contribution is -0.155. The van der Waals surface area contributed by atoms with Crippen molar-refractivity contribution in [3.05, 3.63) is 34.9 Å². The SMILES string of the molecule is CC(=O)O[C@@H]1CC2C(CC=C3C=C(C)CC[C@@]32C)C2=CCC(C(C)=O)C21. The molecule has 4 rings (SSSR count). The largest absolute Gasteiger partial charge is 0.462 e. The second kappa shape index (κ2) is 6.21. The van der Waals surface area contributed by atoms with Crippen molar-refractivity contribution in [3.8, 4) is 0 Å². The summed E-state index contributed by atoms with van der Waals surface area (Å²) in [5.41, 5.74) is 4.50. The van der Waals surface area contributed by atoms with Crippen molar-refractivity contribution in [3.63, 3.8) is 0 Å². The van der Waals surface area contributed by atoms with Crippen LogP contribution >= 0.6 is 0 Å². The second-order valence-corrected chi connectivity index (χ2v) is 9.08. The van der Waals surface area contributed by atoms with E-state index in [1.807, 2.05) is 0 Å². The van der Waals surface area contributed by atoms with Crippen molar-refractivity contribution in [1.82, 2.24) is 0 Å². The maximum Gasteiger partial charge on any atom is 0.302 e. The van der Waals surface area contributed by atoms with E-state index in [2.05, 4.69) is 32.1 Å². The van der Waals surface area contributed by atoms with E-state index in [0.29, 0.717) is 11.8 Å². The third kappa shape index (κ3) is 2.62. The van der Waals surface area contributed by atoms with Gasteiger partial charge in [0, 0.05) is 18.8 Å². The molecule has 3 nitrogen and oxygen atoms in total. The Bertz CT molecular complexity index is 741. The van der Waals surface area contributed by atoms with Gasteiger partial charge in [-0.15, -0.1) is 0 Å². The van der Waals surface area contributed by atoms with E-state index in [4.69, 9.17) is 4.74 Å². The molecule has 4 aliphatic carbocycles. The number of esters is 1. The molecule has 0 aliphatic heterocycles. The third-order valence-corrected chi connectivity index (χ3v) is 7.58. The van der Waals surface area contributed by atoms with Gasteiger partial charge in [-0.25, -0.2) is 0 Å². The number of carbonyl (C=O) groups is 2. The number of allylic oxidation sites excluding steroid dienone is 5. The molecule has 0 aromatic rings. The van der Waals surface area contributed by atoms with Crippen molar-refractivity contribution >= 4 is 11.8 Å². The number of hydrogen-bond donors (Lipinski definition) is 0. The molecule has 26 heavy (non-hydrogen) atoms. The van der Waals surface area contributed by atoms with Gasteiger partial charge in [-0.1, -0.05) is 36.3 Å². The van der Waals surface area contributed by atoms with Crippen LogP contribution in [0, 0.1) is 29.1 Å². The molecule has 140 valence electrons. The number of Topliss-reactive ketones (excluding diaryl/α,β-unsaturated/α-hetero) is 1. The van der Waals surface area contributed by atoms with Crippen molar-refractivity contribution in [2.24, 2.45) is 29.1 Å². The Morgan fingerprint density at radius 1 is 1.19 bits per heavy atom. The van der Waals surface area contributed by atoms with Crippen molar-refractivity contribution in [2.45, 2.75) is 65.9 Å². The minimum absolute atomic E-state index is 0.0121. The van der Waals surface area contributed by atoms with Crippen LogP contribution in [0.15, 0.2) is 34.9 Å². The summed E-state index contributed by atoms with van der Waals surface area (Å²) in [5, 5.41) is 0. The first-order chi connectivity index (χ1) is 12.3. The average Bonchev–Trinajstić information content (AvgIpc) is 3.01. The first-order valence-corrected chi connectivity index (χ1v) is 10.1. The van der Waals surface area contributed by atoms with Crippen molar-refractivity contribution in [2.75, 3.05) is 0 Å². The van der Waals surface area contributed by atoms with E-state index in [0.717, 1.165) is 25.7 Å². The van der Waals surface area contributed by atoms with Crippen LogP contribution in [0.5, 0.6) is 0 Å². The number of ketones is 1. The zero-order valence-electron chi connectivity index (χ0n) is 16.4. The normalized spacial score (nSPS) is 41.1. The minimum Gasteiger partial charge on any atom is -0.462 e. The zero-order valence-corrected chi connectivity index (χ0v) is 16.4. The summed E-state index contributed by atoms with van der Waals surface area (Å²) < 4.78 is 5.81. The van der Waals surface area contributed by atoms with Gasteiger partial charge in [0.2, 0.25) is 0 Å². The summed E-state index contributed by atoms with van der Waals surface area (Å²) >= 11 is 0. The predicted octanol–water partition coefficient (Wildman–Crippen LogP) is 4.78. The lowest BCUT2D eigenvalue weighted by atomic mass is 9.51. The number of ether oxygens (including phenoxy) is 1. The quantitative estimate of drug-likeness (QED) is 0.529. The minimum atomic E-state index is -0.224. The van der Waals surface area contributed by atoms with Crippen LogP contribution in [-0.4, -0.2) is 17.9 Å². The van der Waals surface area contributed by atoms with Gasteiger partial charge >= 0.3 is 5.97 Å². The summed E-state index contributed by atoms with van der Waals surface area (Å²) in [6, 6.07) is 0. The first-order valence-electron chi connectivity index (χ1n) is 10.1. The molecular formula is C23H30O3. The molecule has 0 N–H and O–H groups in total. The summed E-state index contributed by atoms with van der Waals surface area (Å²) in [5.74, 6) is 1.07. The Balaban J connectivity index is 1.74. The van der Waals surface area contributed by atoms with E-state index in [-0.39, 0.29) is 35.1 Å². The average molecular weight is 354 g/mol. The monoisotopic (exact) mass is 354 g/mol. The molecule has 0 amide bonds. The van der Waals surface area contributed by atoms with Crippen LogP contribution < -0.4 is 0 Å². The lowest BCUT2D eigenvalue weighted by Crippen LogP contribution is -2.49.